The zero-order valence-electron chi connectivity index (χ0n) is 14.0. The lowest BCUT2D eigenvalue weighted by Gasteiger charge is -2.39. The van der Waals surface area contributed by atoms with Gasteiger partial charge in [-0.25, -0.2) is 0 Å². The summed E-state index contributed by atoms with van der Waals surface area (Å²) in [5.74, 6) is 0.377. The first-order valence-electron chi connectivity index (χ1n) is 8.92. The monoisotopic (exact) mass is 369 g/mol. The molecule has 0 aromatic heterocycles. The van der Waals surface area contributed by atoms with Gasteiger partial charge in [0.25, 0.3) is 0 Å². The van der Waals surface area contributed by atoms with E-state index in [1.54, 1.807) is 6.07 Å². The topological polar surface area (TPSA) is 38.3 Å². The van der Waals surface area contributed by atoms with Crippen molar-refractivity contribution in [2.24, 2.45) is 5.92 Å². The van der Waals surface area contributed by atoms with Crippen LogP contribution in [0.4, 0.5) is 0 Å². The molecule has 1 saturated carbocycles. The fourth-order valence-electron chi connectivity index (χ4n) is 3.99. The van der Waals surface area contributed by atoms with E-state index >= 15 is 0 Å². The van der Waals surface area contributed by atoms with Gasteiger partial charge in [0.05, 0.1) is 0 Å². The molecule has 0 bridgehead atoms. The van der Waals surface area contributed by atoms with Gasteiger partial charge in [0.15, 0.2) is 0 Å². The van der Waals surface area contributed by atoms with Gasteiger partial charge in [0.2, 0.25) is 5.91 Å². The van der Waals surface area contributed by atoms with Gasteiger partial charge < -0.3 is 10.1 Å². The number of halogens is 2. The maximum atomic E-state index is 12.6. The van der Waals surface area contributed by atoms with Crippen molar-refractivity contribution in [2.75, 3.05) is 19.8 Å². The van der Waals surface area contributed by atoms with Gasteiger partial charge in [-0.05, 0) is 43.4 Å². The maximum absolute atomic E-state index is 12.6. The van der Waals surface area contributed by atoms with E-state index in [0.29, 0.717) is 29.8 Å². The molecule has 1 heterocycles. The third kappa shape index (κ3) is 4.07. The molecule has 1 aliphatic heterocycles. The van der Waals surface area contributed by atoms with Gasteiger partial charge in [-0.3, -0.25) is 4.79 Å². The number of hydrogen-bond acceptors (Lipinski definition) is 2. The summed E-state index contributed by atoms with van der Waals surface area (Å²) in [6.45, 7) is 2.00. The van der Waals surface area contributed by atoms with Crippen LogP contribution in [0.15, 0.2) is 18.2 Å². The van der Waals surface area contributed by atoms with Gasteiger partial charge in [-0.2, -0.15) is 0 Å². The average Bonchev–Trinajstić information content (AvgIpc) is 2.61. The lowest BCUT2D eigenvalue weighted by molar-refractivity contribution is -0.126. The van der Waals surface area contributed by atoms with Crippen molar-refractivity contribution in [3.05, 3.63) is 33.8 Å². The Morgan fingerprint density at radius 3 is 2.54 bits per heavy atom. The summed E-state index contributed by atoms with van der Waals surface area (Å²) in [6, 6.07) is 5.67. The highest BCUT2D eigenvalue weighted by Gasteiger charge is 2.37. The number of hydrogen-bond donors (Lipinski definition) is 1. The summed E-state index contributed by atoms with van der Waals surface area (Å²) in [5.41, 5.74) is 0.908. The van der Waals surface area contributed by atoms with Gasteiger partial charge in [0.1, 0.15) is 0 Å². The fourth-order valence-corrected chi connectivity index (χ4v) is 4.60. The highest BCUT2D eigenvalue weighted by atomic mass is 35.5. The molecule has 2 aliphatic rings. The molecule has 1 amide bonds. The van der Waals surface area contributed by atoms with Crippen molar-refractivity contribution in [3.8, 4) is 0 Å². The summed E-state index contributed by atoms with van der Waals surface area (Å²) in [5, 5.41) is 4.53. The van der Waals surface area contributed by atoms with Crippen molar-refractivity contribution < 1.29 is 9.53 Å². The van der Waals surface area contributed by atoms with E-state index in [1.807, 2.05) is 12.1 Å². The SMILES string of the molecule is O=C(NCC1(c2ccc(Cl)cc2Cl)CCOCC1)C1CCCCC1. The molecule has 0 spiro atoms. The molecule has 5 heteroatoms. The highest BCUT2D eigenvalue weighted by Crippen LogP contribution is 2.39. The molecule has 1 aromatic carbocycles. The van der Waals surface area contributed by atoms with Crippen molar-refractivity contribution in [1.29, 1.82) is 0 Å². The van der Waals surface area contributed by atoms with Crippen LogP contribution >= 0.6 is 23.2 Å². The van der Waals surface area contributed by atoms with Crippen LogP contribution in [0.1, 0.15) is 50.5 Å². The number of rotatable bonds is 4. The first-order valence-corrected chi connectivity index (χ1v) is 9.67. The number of carbonyl (C=O) groups is 1. The van der Waals surface area contributed by atoms with Crippen molar-refractivity contribution >= 4 is 29.1 Å². The van der Waals surface area contributed by atoms with E-state index < -0.39 is 0 Å². The molecule has 1 aromatic rings. The summed E-state index contributed by atoms with van der Waals surface area (Å²) >= 11 is 12.5. The first kappa shape index (κ1) is 18.0. The van der Waals surface area contributed by atoms with Crippen molar-refractivity contribution in [2.45, 2.75) is 50.4 Å². The molecule has 1 aliphatic carbocycles. The lowest BCUT2D eigenvalue weighted by Crippen LogP contribution is -2.46. The Hall–Kier alpha value is -0.770. The largest absolute Gasteiger partial charge is 0.381 e. The number of ether oxygens (including phenoxy) is 1. The minimum absolute atomic E-state index is 0.162. The molecule has 132 valence electrons. The maximum Gasteiger partial charge on any atom is 0.223 e. The van der Waals surface area contributed by atoms with Crippen molar-refractivity contribution in [1.82, 2.24) is 5.32 Å². The van der Waals surface area contributed by atoms with Crippen LogP contribution in [-0.4, -0.2) is 25.7 Å². The van der Waals surface area contributed by atoms with Gasteiger partial charge in [0, 0.05) is 41.1 Å². The molecule has 1 saturated heterocycles. The first-order chi connectivity index (χ1) is 11.6. The second kappa shape index (κ2) is 8.07. The van der Waals surface area contributed by atoms with Crippen LogP contribution in [0.5, 0.6) is 0 Å². The lowest BCUT2D eigenvalue weighted by atomic mass is 9.74. The quantitative estimate of drug-likeness (QED) is 0.832. The molecular weight excluding hydrogens is 345 g/mol. The second-order valence-electron chi connectivity index (χ2n) is 7.07. The van der Waals surface area contributed by atoms with E-state index in [9.17, 15) is 4.79 Å². The van der Waals surface area contributed by atoms with Gasteiger partial charge in [-0.1, -0.05) is 48.5 Å². The van der Waals surface area contributed by atoms with Crippen LogP contribution in [0, 0.1) is 5.92 Å². The Balaban J connectivity index is 1.74. The predicted molar refractivity (Wildman–Crippen MR) is 97.8 cm³/mol. The van der Waals surface area contributed by atoms with E-state index in [0.717, 1.165) is 31.2 Å². The summed E-state index contributed by atoms with van der Waals surface area (Å²) in [7, 11) is 0. The summed E-state index contributed by atoms with van der Waals surface area (Å²) in [6.07, 6.45) is 7.34. The summed E-state index contributed by atoms with van der Waals surface area (Å²) < 4.78 is 5.55. The molecule has 3 nitrogen and oxygen atoms in total. The zero-order valence-corrected chi connectivity index (χ0v) is 15.5. The van der Waals surface area contributed by atoms with Crippen LogP contribution < -0.4 is 5.32 Å². The molecule has 0 radical (unpaired) electrons. The molecule has 3 rings (SSSR count). The van der Waals surface area contributed by atoms with E-state index in [2.05, 4.69) is 5.32 Å². The van der Waals surface area contributed by atoms with E-state index in [-0.39, 0.29) is 17.2 Å². The van der Waals surface area contributed by atoms with Crippen LogP contribution in [0.3, 0.4) is 0 Å². The molecular formula is C19H25Cl2NO2. The number of nitrogens with one attached hydrogen (secondary N) is 1. The number of amides is 1. The average molecular weight is 370 g/mol. The van der Waals surface area contributed by atoms with Crippen LogP contribution in [-0.2, 0) is 14.9 Å². The number of benzene rings is 1. The molecule has 24 heavy (non-hydrogen) atoms. The Labute approximate surface area is 154 Å². The van der Waals surface area contributed by atoms with Crippen LogP contribution in [0.2, 0.25) is 10.0 Å². The Morgan fingerprint density at radius 1 is 1.17 bits per heavy atom. The molecule has 1 N–H and O–H groups in total. The van der Waals surface area contributed by atoms with Crippen LogP contribution in [0.25, 0.3) is 0 Å². The third-order valence-corrected chi connectivity index (χ3v) is 6.08. The Morgan fingerprint density at radius 2 is 1.88 bits per heavy atom. The van der Waals surface area contributed by atoms with Crippen molar-refractivity contribution in [3.63, 3.8) is 0 Å². The fraction of sp³-hybridized carbons (Fsp3) is 0.632. The normalized spacial score (nSPS) is 21.4. The second-order valence-corrected chi connectivity index (χ2v) is 7.91. The molecule has 0 atom stereocenters. The van der Waals surface area contributed by atoms with Gasteiger partial charge >= 0.3 is 0 Å². The van der Waals surface area contributed by atoms with Gasteiger partial charge in [-0.15, -0.1) is 0 Å². The molecule has 0 unspecified atom stereocenters. The Bertz CT molecular complexity index is 579. The number of carbonyl (C=O) groups excluding carboxylic acids is 1. The smallest absolute Gasteiger partial charge is 0.223 e. The molecule has 2 fully saturated rings. The standard InChI is InChI=1S/C19H25Cl2NO2/c20-15-6-7-16(17(21)12-15)19(8-10-24-11-9-19)13-22-18(23)14-4-2-1-3-5-14/h6-7,12,14H,1-5,8-11,13H2,(H,22,23). The highest BCUT2D eigenvalue weighted by molar-refractivity contribution is 6.35. The summed E-state index contributed by atoms with van der Waals surface area (Å²) in [4.78, 5) is 12.6. The Kier molecular flexibility index (Phi) is 6.07. The van der Waals surface area contributed by atoms with E-state index in [4.69, 9.17) is 27.9 Å². The third-order valence-electron chi connectivity index (χ3n) is 5.53. The van der Waals surface area contributed by atoms with E-state index in [1.165, 1.54) is 19.3 Å². The predicted octanol–water partition coefficient (Wildman–Crippen LogP) is 4.74. The minimum Gasteiger partial charge on any atom is -0.381 e. The minimum atomic E-state index is -0.162. The zero-order chi connectivity index (χ0) is 17.0.